The number of rotatable bonds is 9. The number of nitrogens with two attached hydrogens (primary N) is 1. The minimum absolute atomic E-state index is 0.0578. The molecule has 2 aliphatic rings. The fraction of sp³-hybridized carbons (Fsp3) is 0.400. The minimum atomic E-state index is -5.30. The highest BCUT2D eigenvalue weighted by molar-refractivity contribution is 5.84. The summed E-state index contributed by atoms with van der Waals surface area (Å²) in [5, 5.41) is 24.2. The number of alkyl halides is 3. The molecule has 5 N–H and O–H groups in total. The van der Waals surface area contributed by atoms with Gasteiger partial charge in [0.25, 0.3) is 0 Å². The maximum atomic E-state index is 12.9. The predicted octanol–water partition coefficient (Wildman–Crippen LogP) is 2.33. The lowest BCUT2D eigenvalue weighted by Crippen LogP contribution is -2.41. The van der Waals surface area contributed by atoms with Crippen molar-refractivity contribution in [3.63, 3.8) is 0 Å². The Morgan fingerprint density at radius 3 is 2.36 bits per heavy atom. The number of aromatic nitrogens is 4. The number of esters is 1. The minimum Gasteiger partial charge on any atom is -0.450 e. The Morgan fingerprint density at radius 2 is 1.78 bits per heavy atom. The average molecular weight is 628 g/mol. The molecule has 2 aromatic heterocycles. The van der Waals surface area contributed by atoms with Crippen molar-refractivity contribution in [1.29, 1.82) is 0 Å². The molecule has 0 spiro atoms. The fourth-order valence-corrected chi connectivity index (χ4v) is 5.75. The molecule has 2 saturated heterocycles. The van der Waals surface area contributed by atoms with Gasteiger partial charge < -0.3 is 35.6 Å². The van der Waals surface area contributed by atoms with Gasteiger partial charge in [-0.3, -0.25) is 4.57 Å². The second-order valence-corrected chi connectivity index (χ2v) is 11.1. The normalized spacial score (nSPS) is 23.6. The molecule has 12 nitrogen and oxygen atoms in total. The van der Waals surface area contributed by atoms with Gasteiger partial charge in [-0.2, -0.15) is 23.1 Å². The molecule has 0 radical (unpaired) electrons. The molecule has 238 valence electrons. The molecule has 4 heterocycles. The molecule has 0 bridgehead atoms. The van der Waals surface area contributed by atoms with Crippen molar-refractivity contribution < 1.29 is 37.7 Å². The largest absolute Gasteiger partial charge is 0.490 e. The lowest BCUT2D eigenvalue weighted by atomic mass is 9.91. The number of benzene rings is 2. The molecule has 0 unspecified atom stereocenters. The zero-order valence-corrected chi connectivity index (χ0v) is 23.9. The zero-order valence-electron chi connectivity index (χ0n) is 23.9. The number of aliphatic hydroxyl groups is 2. The first-order valence-corrected chi connectivity index (χ1v) is 14.4. The summed E-state index contributed by atoms with van der Waals surface area (Å²) < 4.78 is 50.4. The third kappa shape index (κ3) is 6.29. The molecule has 4 aromatic rings. The molecule has 45 heavy (non-hydrogen) atoms. The van der Waals surface area contributed by atoms with E-state index < -0.39 is 43.3 Å². The summed E-state index contributed by atoms with van der Waals surface area (Å²) in [4.78, 5) is 27.4. The lowest BCUT2D eigenvalue weighted by molar-refractivity contribution is -0.210. The monoisotopic (exact) mass is 627 g/mol. The highest BCUT2D eigenvalue weighted by atomic mass is 19.4. The van der Waals surface area contributed by atoms with E-state index in [-0.39, 0.29) is 17.6 Å². The third-order valence-corrected chi connectivity index (χ3v) is 8.03. The number of carbonyl (C=O) groups is 1. The van der Waals surface area contributed by atoms with Gasteiger partial charge in [0.2, 0.25) is 5.95 Å². The number of aliphatic hydroxyl groups excluding tert-OH is 2. The first-order chi connectivity index (χ1) is 21.6. The van der Waals surface area contributed by atoms with E-state index in [1.54, 1.807) is 0 Å². The number of hydrogen-bond acceptors (Lipinski definition) is 11. The van der Waals surface area contributed by atoms with Crippen LogP contribution in [-0.2, 0) is 14.3 Å². The molecular weight excluding hydrogens is 595 g/mol. The van der Waals surface area contributed by atoms with E-state index in [4.69, 9.17) is 15.5 Å². The quantitative estimate of drug-likeness (QED) is 0.202. The first-order valence-electron chi connectivity index (χ1n) is 14.4. The van der Waals surface area contributed by atoms with E-state index in [9.17, 15) is 28.2 Å². The van der Waals surface area contributed by atoms with Crippen LogP contribution in [0.15, 0.2) is 67.0 Å². The van der Waals surface area contributed by atoms with E-state index >= 15 is 0 Å². The molecule has 6 rings (SSSR count). The standard InChI is InChI=1S/C30H32F3N7O5/c31-30(32,33)28(43)45-24-21(15-41)44-27(23(24)42)40-16-36-22-25(37-29(38-26(22)40)39-12-11-19(34)14-39)35-13-20(17-7-3-1-4-8-17)18-9-5-2-6-10-18/h1-10,16,19-21,23-24,27,41-42H,11-15,34H2,(H,35,37,38)/t19-,21+,23+,24+,27+/m0/s1. The Labute approximate surface area is 255 Å². The molecule has 5 atom stereocenters. The van der Waals surface area contributed by atoms with Crippen LogP contribution in [0, 0.1) is 0 Å². The second kappa shape index (κ2) is 12.6. The Bertz CT molecular complexity index is 1590. The number of nitrogens with zero attached hydrogens (tertiary/aromatic N) is 5. The van der Waals surface area contributed by atoms with E-state index in [2.05, 4.69) is 20.0 Å². The van der Waals surface area contributed by atoms with Crippen LogP contribution >= 0.6 is 0 Å². The van der Waals surface area contributed by atoms with Gasteiger partial charge in [-0.05, 0) is 17.5 Å². The number of ether oxygens (including phenoxy) is 2. The number of fused-ring (bicyclic) bond motifs is 1. The lowest BCUT2D eigenvalue weighted by Gasteiger charge is -2.22. The summed E-state index contributed by atoms with van der Waals surface area (Å²) >= 11 is 0. The van der Waals surface area contributed by atoms with Crippen LogP contribution in [0.1, 0.15) is 29.7 Å². The van der Waals surface area contributed by atoms with Crippen molar-refractivity contribution in [1.82, 2.24) is 19.5 Å². The van der Waals surface area contributed by atoms with Crippen molar-refractivity contribution >= 4 is 28.9 Å². The van der Waals surface area contributed by atoms with Crippen molar-refractivity contribution in [2.45, 2.75) is 49.1 Å². The summed E-state index contributed by atoms with van der Waals surface area (Å²) in [6.07, 6.45) is -9.64. The number of halogens is 3. The summed E-state index contributed by atoms with van der Waals surface area (Å²) in [6.45, 7) is 0.716. The van der Waals surface area contributed by atoms with E-state index in [1.807, 2.05) is 65.6 Å². The molecule has 2 aliphatic heterocycles. The zero-order chi connectivity index (χ0) is 31.7. The Morgan fingerprint density at radius 1 is 1.11 bits per heavy atom. The maximum Gasteiger partial charge on any atom is 0.490 e. The molecular formula is C30H32F3N7O5. The highest BCUT2D eigenvalue weighted by Crippen LogP contribution is 2.36. The van der Waals surface area contributed by atoms with Gasteiger partial charge in [0.1, 0.15) is 12.2 Å². The van der Waals surface area contributed by atoms with Gasteiger partial charge in [0.15, 0.2) is 29.3 Å². The molecule has 0 amide bonds. The average Bonchev–Trinajstić information content (AvgIpc) is 3.75. The second-order valence-electron chi connectivity index (χ2n) is 11.1. The molecule has 15 heteroatoms. The van der Waals surface area contributed by atoms with Gasteiger partial charge in [-0.1, -0.05) is 60.7 Å². The van der Waals surface area contributed by atoms with Gasteiger partial charge in [0, 0.05) is 31.6 Å². The fourth-order valence-electron chi connectivity index (χ4n) is 5.75. The number of anilines is 2. The maximum absolute atomic E-state index is 12.9. The van der Waals surface area contributed by atoms with Crippen LogP contribution in [-0.4, -0.2) is 92.5 Å². The first kappa shape index (κ1) is 30.7. The number of hydrogen-bond donors (Lipinski definition) is 4. The number of imidazole rings is 1. The predicted molar refractivity (Wildman–Crippen MR) is 156 cm³/mol. The molecule has 2 fully saturated rings. The van der Waals surface area contributed by atoms with Gasteiger partial charge >= 0.3 is 12.1 Å². The third-order valence-electron chi connectivity index (χ3n) is 8.03. The van der Waals surface area contributed by atoms with Crippen molar-refractivity contribution in [2.75, 3.05) is 36.5 Å². The van der Waals surface area contributed by atoms with Crippen molar-refractivity contribution in [2.24, 2.45) is 5.73 Å². The smallest absolute Gasteiger partial charge is 0.450 e. The van der Waals surface area contributed by atoms with E-state index in [0.717, 1.165) is 17.5 Å². The Hall–Kier alpha value is -4.31. The molecule has 2 aromatic carbocycles. The van der Waals surface area contributed by atoms with Gasteiger partial charge in [0.05, 0.1) is 12.9 Å². The van der Waals surface area contributed by atoms with E-state index in [1.165, 1.54) is 10.9 Å². The van der Waals surface area contributed by atoms with Crippen LogP contribution in [0.3, 0.4) is 0 Å². The summed E-state index contributed by atoms with van der Waals surface area (Å²) in [5.41, 5.74) is 8.84. The SMILES string of the molecule is N[C@H]1CCN(c2nc(NCC(c3ccccc3)c3ccccc3)c3ncn([C@@H]4O[C@H](CO)[C@@H](OC(=O)C(F)(F)F)[C@H]4O)c3n2)C1. The van der Waals surface area contributed by atoms with E-state index in [0.29, 0.717) is 36.9 Å². The summed E-state index contributed by atoms with van der Waals surface area (Å²) in [5.74, 6) is -1.84. The number of nitrogens with one attached hydrogen (secondary N) is 1. The van der Waals surface area contributed by atoms with Crippen molar-refractivity contribution in [3.8, 4) is 0 Å². The molecule has 0 aliphatic carbocycles. The molecule has 0 saturated carbocycles. The van der Waals surface area contributed by atoms with Crippen LogP contribution in [0.5, 0.6) is 0 Å². The van der Waals surface area contributed by atoms with Crippen LogP contribution in [0.25, 0.3) is 11.2 Å². The van der Waals surface area contributed by atoms with Gasteiger partial charge in [-0.25, -0.2) is 9.78 Å². The van der Waals surface area contributed by atoms with Crippen LogP contribution < -0.4 is 16.0 Å². The van der Waals surface area contributed by atoms with Crippen molar-refractivity contribution in [3.05, 3.63) is 78.1 Å². The topological polar surface area (TPSA) is 161 Å². The van der Waals surface area contributed by atoms with Crippen LogP contribution in [0.4, 0.5) is 24.9 Å². The summed E-state index contributed by atoms with van der Waals surface area (Å²) in [6, 6.07) is 19.8. The van der Waals surface area contributed by atoms with Gasteiger partial charge in [-0.15, -0.1) is 0 Å². The highest BCUT2D eigenvalue weighted by Gasteiger charge is 2.51. The number of carbonyl (C=O) groups excluding carboxylic acids is 1. The summed E-state index contributed by atoms with van der Waals surface area (Å²) in [7, 11) is 0. The Balaban J connectivity index is 1.36. The van der Waals surface area contributed by atoms with Crippen LogP contribution in [0.2, 0.25) is 0 Å². The Kier molecular flexibility index (Phi) is 8.59.